The largest absolute Gasteiger partial charge is 0.390 e. The molecule has 4 rings (SSSR count). The molecule has 2 atom stereocenters. The molecule has 1 aliphatic carbocycles. The van der Waals surface area contributed by atoms with Crippen LogP contribution < -0.4 is 5.32 Å². The van der Waals surface area contributed by atoms with Crippen molar-refractivity contribution in [3.05, 3.63) is 30.2 Å². The smallest absolute Gasteiger partial charge is 0.229 e. The number of hydrogen-bond donors (Lipinski definition) is 2. The highest BCUT2D eigenvalue weighted by atomic mass is 16.5. The zero-order valence-corrected chi connectivity index (χ0v) is 14.4. The maximum atomic E-state index is 10.1. The minimum Gasteiger partial charge on any atom is -0.390 e. The van der Waals surface area contributed by atoms with Crippen molar-refractivity contribution in [2.75, 3.05) is 19.6 Å². The van der Waals surface area contributed by atoms with Crippen LogP contribution in [0.15, 0.2) is 23.0 Å². The van der Waals surface area contributed by atoms with E-state index in [1.54, 1.807) is 10.9 Å². The standard InChI is InChI=1S/C17H26N6O2/c24-15(11-23-8-2-6-19-23)9-18-14-3-1-7-22(10-14)12-16-20-17(25-21-16)13-4-5-13/h2,6,8,13-15,18,24H,1,3-5,7,9-12H2/t14-,15-/m0/s1. The van der Waals surface area contributed by atoms with E-state index < -0.39 is 6.10 Å². The number of aliphatic hydroxyl groups is 1. The van der Waals surface area contributed by atoms with E-state index in [1.807, 2.05) is 12.3 Å². The summed E-state index contributed by atoms with van der Waals surface area (Å²) in [5.74, 6) is 2.11. The average Bonchev–Trinajstić information content (AvgIpc) is 3.14. The summed E-state index contributed by atoms with van der Waals surface area (Å²) >= 11 is 0. The fourth-order valence-corrected chi connectivity index (χ4v) is 3.39. The monoisotopic (exact) mass is 346 g/mol. The van der Waals surface area contributed by atoms with Crippen molar-refractivity contribution in [3.8, 4) is 0 Å². The third kappa shape index (κ3) is 4.65. The van der Waals surface area contributed by atoms with E-state index in [-0.39, 0.29) is 0 Å². The summed E-state index contributed by atoms with van der Waals surface area (Å²) in [7, 11) is 0. The first-order chi connectivity index (χ1) is 12.3. The molecule has 2 aromatic rings. The van der Waals surface area contributed by atoms with E-state index in [1.165, 1.54) is 12.8 Å². The highest BCUT2D eigenvalue weighted by Crippen LogP contribution is 2.38. The summed E-state index contributed by atoms with van der Waals surface area (Å²) in [6, 6.07) is 2.25. The Morgan fingerprint density at radius 3 is 3.08 bits per heavy atom. The molecular weight excluding hydrogens is 320 g/mol. The lowest BCUT2D eigenvalue weighted by molar-refractivity contribution is 0.126. The summed E-state index contributed by atoms with van der Waals surface area (Å²) in [6.07, 6.45) is 7.79. The maximum Gasteiger partial charge on any atom is 0.229 e. The van der Waals surface area contributed by atoms with Gasteiger partial charge in [-0.3, -0.25) is 9.58 Å². The Morgan fingerprint density at radius 2 is 2.28 bits per heavy atom. The maximum absolute atomic E-state index is 10.1. The lowest BCUT2D eigenvalue weighted by Crippen LogP contribution is -2.47. The van der Waals surface area contributed by atoms with Crippen molar-refractivity contribution in [3.63, 3.8) is 0 Å². The number of aromatic nitrogens is 4. The fourth-order valence-electron chi connectivity index (χ4n) is 3.39. The van der Waals surface area contributed by atoms with Gasteiger partial charge in [-0.15, -0.1) is 0 Å². The Labute approximate surface area is 147 Å². The molecule has 0 radical (unpaired) electrons. The predicted molar refractivity (Wildman–Crippen MR) is 90.8 cm³/mol. The predicted octanol–water partition coefficient (Wildman–Crippen LogP) is 0.759. The molecule has 25 heavy (non-hydrogen) atoms. The number of likely N-dealkylation sites (tertiary alicyclic amines) is 1. The summed E-state index contributed by atoms with van der Waals surface area (Å²) in [6.45, 7) is 3.84. The van der Waals surface area contributed by atoms with Gasteiger partial charge in [0.05, 0.1) is 19.2 Å². The number of rotatable bonds is 8. The third-order valence-electron chi connectivity index (χ3n) is 4.88. The van der Waals surface area contributed by atoms with Gasteiger partial charge in [-0.1, -0.05) is 5.16 Å². The van der Waals surface area contributed by atoms with Crippen LogP contribution in [-0.4, -0.2) is 61.7 Å². The lowest BCUT2D eigenvalue weighted by Gasteiger charge is -2.32. The Hall–Kier alpha value is -1.77. The zero-order valence-electron chi connectivity index (χ0n) is 14.4. The Bertz CT molecular complexity index is 654. The molecule has 1 saturated heterocycles. The first-order valence-electron chi connectivity index (χ1n) is 9.20. The second-order valence-corrected chi connectivity index (χ2v) is 7.19. The van der Waals surface area contributed by atoms with Crippen LogP contribution in [0.4, 0.5) is 0 Å². The van der Waals surface area contributed by atoms with Crippen LogP contribution in [-0.2, 0) is 13.1 Å². The minimum atomic E-state index is -0.436. The van der Waals surface area contributed by atoms with Crippen LogP contribution in [0.3, 0.4) is 0 Å². The minimum absolute atomic E-state index is 0.385. The molecule has 0 unspecified atom stereocenters. The van der Waals surface area contributed by atoms with Crippen molar-refractivity contribution in [2.45, 2.75) is 56.8 Å². The number of hydrogen-bond acceptors (Lipinski definition) is 7. The van der Waals surface area contributed by atoms with E-state index in [0.29, 0.717) is 25.0 Å². The molecule has 0 bridgehead atoms. The van der Waals surface area contributed by atoms with Gasteiger partial charge in [-0.2, -0.15) is 10.1 Å². The van der Waals surface area contributed by atoms with Gasteiger partial charge < -0.3 is 14.9 Å². The van der Waals surface area contributed by atoms with Gasteiger partial charge in [0.25, 0.3) is 0 Å². The van der Waals surface area contributed by atoms with Crippen LogP contribution in [0.2, 0.25) is 0 Å². The van der Waals surface area contributed by atoms with Crippen LogP contribution in [0.25, 0.3) is 0 Å². The Kier molecular flexibility index (Phi) is 5.09. The van der Waals surface area contributed by atoms with Gasteiger partial charge in [0.1, 0.15) is 0 Å². The van der Waals surface area contributed by atoms with Crippen molar-refractivity contribution in [2.24, 2.45) is 0 Å². The second kappa shape index (κ2) is 7.63. The number of nitrogens with zero attached hydrogens (tertiary/aromatic N) is 5. The SMILES string of the molecule is O[C@@H](CN[C@H]1CCCN(Cc2noc(C3CC3)n2)C1)Cn1cccn1. The molecule has 136 valence electrons. The number of aliphatic hydroxyl groups excluding tert-OH is 1. The molecule has 2 N–H and O–H groups in total. The molecule has 2 aliphatic rings. The van der Waals surface area contributed by atoms with Gasteiger partial charge in [-0.25, -0.2) is 0 Å². The number of piperidine rings is 1. The third-order valence-corrected chi connectivity index (χ3v) is 4.88. The van der Waals surface area contributed by atoms with Crippen molar-refractivity contribution in [1.29, 1.82) is 0 Å². The molecule has 1 aliphatic heterocycles. The van der Waals surface area contributed by atoms with Gasteiger partial charge in [0.15, 0.2) is 5.82 Å². The van der Waals surface area contributed by atoms with E-state index in [9.17, 15) is 5.11 Å². The van der Waals surface area contributed by atoms with Gasteiger partial charge in [0, 0.05) is 37.4 Å². The lowest BCUT2D eigenvalue weighted by atomic mass is 10.1. The summed E-state index contributed by atoms with van der Waals surface area (Å²) in [4.78, 5) is 6.88. The molecular formula is C17H26N6O2. The highest BCUT2D eigenvalue weighted by Gasteiger charge is 2.30. The van der Waals surface area contributed by atoms with Crippen LogP contribution in [0, 0.1) is 0 Å². The zero-order chi connectivity index (χ0) is 17.1. The molecule has 8 nitrogen and oxygen atoms in total. The van der Waals surface area contributed by atoms with E-state index in [2.05, 4.69) is 25.5 Å². The van der Waals surface area contributed by atoms with Gasteiger partial charge in [0.2, 0.25) is 5.89 Å². The van der Waals surface area contributed by atoms with Crippen molar-refractivity contribution >= 4 is 0 Å². The van der Waals surface area contributed by atoms with E-state index in [0.717, 1.165) is 44.2 Å². The molecule has 0 spiro atoms. The Morgan fingerprint density at radius 1 is 1.36 bits per heavy atom. The van der Waals surface area contributed by atoms with Crippen LogP contribution >= 0.6 is 0 Å². The fraction of sp³-hybridized carbons (Fsp3) is 0.706. The average molecular weight is 346 g/mol. The van der Waals surface area contributed by atoms with Crippen molar-refractivity contribution in [1.82, 2.24) is 30.1 Å². The molecule has 2 aromatic heterocycles. The topological polar surface area (TPSA) is 92.2 Å². The molecule has 2 fully saturated rings. The normalized spacial score (nSPS) is 23.0. The highest BCUT2D eigenvalue weighted by molar-refractivity contribution is 5.01. The van der Waals surface area contributed by atoms with Crippen LogP contribution in [0.5, 0.6) is 0 Å². The Balaban J connectivity index is 1.21. The van der Waals surface area contributed by atoms with E-state index >= 15 is 0 Å². The van der Waals surface area contributed by atoms with Crippen LogP contribution in [0.1, 0.15) is 43.3 Å². The molecule has 0 amide bonds. The molecule has 0 aromatic carbocycles. The molecule has 3 heterocycles. The molecule has 8 heteroatoms. The van der Waals surface area contributed by atoms with Gasteiger partial charge >= 0.3 is 0 Å². The van der Waals surface area contributed by atoms with Gasteiger partial charge in [-0.05, 0) is 38.3 Å². The first-order valence-corrected chi connectivity index (χ1v) is 9.20. The quantitative estimate of drug-likeness (QED) is 0.729. The number of nitrogens with one attached hydrogen (secondary N) is 1. The summed E-state index contributed by atoms with van der Waals surface area (Å²) < 4.78 is 7.10. The second-order valence-electron chi connectivity index (χ2n) is 7.19. The molecule has 1 saturated carbocycles. The van der Waals surface area contributed by atoms with E-state index in [4.69, 9.17) is 4.52 Å². The first kappa shape index (κ1) is 16.7. The summed E-state index contributed by atoms with van der Waals surface area (Å²) in [5, 5.41) is 21.9. The van der Waals surface area contributed by atoms with Crippen molar-refractivity contribution < 1.29 is 9.63 Å². The summed E-state index contributed by atoms with van der Waals surface area (Å²) in [5.41, 5.74) is 0.